The molecule has 1 fully saturated rings. The number of hydrogen-bond acceptors (Lipinski definition) is 8. The van der Waals surface area contributed by atoms with Crippen LogP contribution in [0.4, 0.5) is 0 Å². The SMILES string of the molecule is CCCSC1=C(SCCC)SC(=C2SC3=CC(=O)C(=O)C=C3S2)S1. The number of allylic oxidation sites excluding steroid dienone is 2. The van der Waals surface area contributed by atoms with Gasteiger partial charge in [0.25, 0.3) is 0 Å². The van der Waals surface area contributed by atoms with Crippen molar-refractivity contribution in [3.05, 3.63) is 38.9 Å². The molecule has 3 rings (SSSR count). The second kappa shape index (κ2) is 8.86. The fourth-order valence-corrected chi connectivity index (χ4v) is 10.4. The Morgan fingerprint density at radius 2 is 1.17 bits per heavy atom. The highest BCUT2D eigenvalue weighted by Crippen LogP contribution is 2.65. The lowest BCUT2D eigenvalue weighted by atomic mass is 10.1. The van der Waals surface area contributed by atoms with Gasteiger partial charge in [-0.05, 0) is 24.3 Å². The Hall–Kier alpha value is 0.400. The summed E-state index contributed by atoms with van der Waals surface area (Å²) in [7, 11) is 0. The molecule has 0 aromatic rings. The second-order valence-corrected chi connectivity index (χ2v) is 12.4. The van der Waals surface area contributed by atoms with Gasteiger partial charge in [-0.1, -0.05) is 60.9 Å². The van der Waals surface area contributed by atoms with Crippen molar-refractivity contribution in [3.8, 4) is 0 Å². The molecule has 0 amide bonds. The highest BCUT2D eigenvalue weighted by molar-refractivity contribution is 8.42. The van der Waals surface area contributed by atoms with Crippen LogP contribution in [0.5, 0.6) is 0 Å². The van der Waals surface area contributed by atoms with Crippen molar-refractivity contribution in [2.45, 2.75) is 26.7 Å². The summed E-state index contributed by atoms with van der Waals surface area (Å²) >= 11 is 10.8. The standard InChI is InChI=1S/C16H16O2S6/c1-3-5-19-13-14(20-6-4-2)24-16(23-13)15-21-11-7-9(17)10(18)8-12(11)22-15/h7-8H,3-6H2,1-2H3. The van der Waals surface area contributed by atoms with E-state index in [4.69, 9.17) is 0 Å². The van der Waals surface area contributed by atoms with E-state index in [-0.39, 0.29) is 0 Å². The molecule has 1 saturated heterocycles. The van der Waals surface area contributed by atoms with Gasteiger partial charge >= 0.3 is 0 Å². The van der Waals surface area contributed by atoms with E-state index in [1.807, 2.05) is 47.0 Å². The summed E-state index contributed by atoms with van der Waals surface area (Å²) in [6.07, 6.45) is 5.31. The normalized spacial score (nSPS) is 20.8. The molecule has 0 N–H and O–H groups in total. The summed E-state index contributed by atoms with van der Waals surface area (Å²) in [5.74, 6) is 1.47. The van der Waals surface area contributed by atoms with E-state index in [9.17, 15) is 9.59 Å². The van der Waals surface area contributed by atoms with Crippen LogP contribution in [0, 0.1) is 0 Å². The monoisotopic (exact) mass is 432 g/mol. The van der Waals surface area contributed by atoms with Gasteiger partial charge in [0.2, 0.25) is 11.6 Å². The first-order valence-corrected chi connectivity index (χ1v) is 12.8. The quantitative estimate of drug-likeness (QED) is 0.352. The van der Waals surface area contributed by atoms with Crippen molar-refractivity contribution in [1.82, 2.24) is 0 Å². The van der Waals surface area contributed by atoms with Crippen molar-refractivity contribution >= 4 is 82.1 Å². The van der Waals surface area contributed by atoms with E-state index in [2.05, 4.69) is 13.8 Å². The molecule has 3 aliphatic rings. The maximum absolute atomic E-state index is 11.6. The Kier molecular flexibility index (Phi) is 7.08. The van der Waals surface area contributed by atoms with E-state index in [0.29, 0.717) is 0 Å². The summed E-state index contributed by atoms with van der Waals surface area (Å²) in [5, 5.41) is 0. The first-order valence-electron chi connectivity index (χ1n) is 7.60. The van der Waals surface area contributed by atoms with Crippen molar-refractivity contribution in [3.63, 3.8) is 0 Å². The molecule has 0 saturated carbocycles. The molecule has 0 radical (unpaired) electrons. The summed E-state index contributed by atoms with van der Waals surface area (Å²) in [6, 6.07) is 0. The number of ketones is 2. The molecule has 1 aliphatic carbocycles. The van der Waals surface area contributed by atoms with E-state index in [1.165, 1.54) is 41.9 Å². The van der Waals surface area contributed by atoms with Crippen LogP contribution in [-0.4, -0.2) is 23.1 Å². The predicted molar refractivity (Wildman–Crippen MR) is 116 cm³/mol. The molecule has 0 aromatic heterocycles. The highest BCUT2D eigenvalue weighted by Gasteiger charge is 2.33. The summed E-state index contributed by atoms with van der Waals surface area (Å²) in [4.78, 5) is 25.0. The van der Waals surface area contributed by atoms with Crippen LogP contribution in [-0.2, 0) is 9.59 Å². The number of hydrogen-bond donors (Lipinski definition) is 0. The van der Waals surface area contributed by atoms with Gasteiger partial charge in [0, 0.05) is 22.0 Å². The van der Waals surface area contributed by atoms with Gasteiger partial charge in [-0.25, -0.2) is 0 Å². The molecule has 128 valence electrons. The van der Waals surface area contributed by atoms with Gasteiger partial charge in [-0.2, -0.15) is 0 Å². The van der Waals surface area contributed by atoms with Gasteiger partial charge in [0.1, 0.15) is 0 Å². The minimum atomic E-state index is -0.406. The number of fused-ring (bicyclic) bond motifs is 1. The first kappa shape index (κ1) is 19.2. The largest absolute Gasteiger partial charge is 0.286 e. The molecule has 0 bridgehead atoms. The molecule has 0 atom stereocenters. The average Bonchev–Trinajstić information content (AvgIpc) is 3.15. The maximum atomic E-state index is 11.6. The molecular formula is C16H16O2S6. The lowest BCUT2D eigenvalue weighted by Gasteiger charge is -2.02. The number of rotatable bonds is 6. The zero-order valence-corrected chi connectivity index (χ0v) is 18.1. The van der Waals surface area contributed by atoms with Gasteiger partial charge in [0.05, 0.1) is 16.9 Å². The molecule has 24 heavy (non-hydrogen) atoms. The summed E-state index contributed by atoms with van der Waals surface area (Å²) < 4.78 is 5.31. The van der Waals surface area contributed by atoms with E-state index >= 15 is 0 Å². The lowest BCUT2D eigenvalue weighted by Crippen LogP contribution is -2.11. The molecular weight excluding hydrogens is 417 g/mol. The molecule has 2 aliphatic heterocycles. The van der Waals surface area contributed by atoms with Crippen molar-refractivity contribution in [1.29, 1.82) is 0 Å². The van der Waals surface area contributed by atoms with Gasteiger partial charge in [-0.15, -0.1) is 23.5 Å². The van der Waals surface area contributed by atoms with Crippen LogP contribution in [0.2, 0.25) is 0 Å². The third kappa shape index (κ3) is 4.38. The fourth-order valence-electron chi connectivity index (χ4n) is 1.91. The summed E-state index contributed by atoms with van der Waals surface area (Å²) in [6.45, 7) is 4.41. The van der Waals surface area contributed by atoms with Crippen LogP contribution in [0.3, 0.4) is 0 Å². The fraction of sp³-hybridized carbons (Fsp3) is 0.375. The Labute approximate surface area is 167 Å². The van der Waals surface area contributed by atoms with Crippen LogP contribution in [0.25, 0.3) is 0 Å². The molecule has 8 heteroatoms. The third-order valence-electron chi connectivity index (χ3n) is 2.99. The van der Waals surface area contributed by atoms with Crippen LogP contribution in [0.15, 0.2) is 38.9 Å². The predicted octanol–water partition coefficient (Wildman–Crippen LogP) is 6.41. The van der Waals surface area contributed by atoms with Crippen LogP contribution >= 0.6 is 70.6 Å². The van der Waals surface area contributed by atoms with E-state index in [1.54, 1.807) is 23.5 Å². The molecule has 0 aromatic carbocycles. The number of carbonyl (C=O) groups excluding carboxylic acids is 2. The lowest BCUT2D eigenvalue weighted by molar-refractivity contribution is -0.131. The van der Waals surface area contributed by atoms with Crippen molar-refractivity contribution in [2.24, 2.45) is 0 Å². The van der Waals surface area contributed by atoms with E-state index in [0.717, 1.165) is 21.3 Å². The Balaban J connectivity index is 1.78. The minimum absolute atomic E-state index is 0.406. The topological polar surface area (TPSA) is 34.1 Å². The molecule has 2 heterocycles. The second-order valence-electron chi connectivity index (χ2n) is 5.00. The van der Waals surface area contributed by atoms with E-state index < -0.39 is 11.6 Å². The first-order chi connectivity index (χ1) is 11.6. The summed E-state index contributed by atoms with van der Waals surface area (Å²) in [5.41, 5.74) is 0. The number of thioether (sulfide) groups is 6. The number of carbonyl (C=O) groups is 2. The molecule has 0 unspecified atom stereocenters. The van der Waals surface area contributed by atoms with Crippen molar-refractivity contribution < 1.29 is 9.59 Å². The smallest absolute Gasteiger partial charge is 0.226 e. The molecule has 0 spiro atoms. The Morgan fingerprint density at radius 3 is 1.58 bits per heavy atom. The average molecular weight is 433 g/mol. The van der Waals surface area contributed by atoms with Crippen LogP contribution in [0.1, 0.15) is 26.7 Å². The zero-order valence-electron chi connectivity index (χ0n) is 13.2. The highest BCUT2D eigenvalue weighted by atomic mass is 32.3. The maximum Gasteiger partial charge on any atom is 0.226 e. The van der Waals surface area contributed by atoms with Gasteiger partial charge < -0.3 is 0 Å². The minimum Gasteiger partial charge on any atom is -0.286 e. The van der Waals surface area contributed by atoms with Gasteiger partial charge in [-0.3, -0.25) is 9.59 Å². The Morgan fingerprint density at radius 1 is 0.750 bits per heavy atom. The van der Waals surface area contributed by atoms with Crippen molar-refractivity contribution in [2.75, 3.05) is 11.5 Å². The third-order valence-corrected chi connectivity index (χ3v) is 12.0. The molecule has 2 nitrogen and oxygen atoms in total. The zero-order chi connectivity index (χ0) is 17.1. The van der Waals surface area contributed by atoms with Gasteiger partial charge in [0.15, 0.2) is 0 Å². The Bertz CT molecular complexity index is 645. The van der Waals surface area contributed by atoms with Crippen LogP contribution < -0.4 is 0 Å².